The molecule has 0 rings (SSSR count). The molecule has 0 spiro atoms. The Bertz CT molecular complexity index is 269. The summed E-state index contributed by atoms with van der Waals surface area (Å²) in [5.74, 6) is -3.28. The molecule has 0 aliphatic heterocycles. The van der Waals surface area contributed by atoms with E-state index in [0.717, 1.165) is 0 Å². The molecule has 0 radical (unpaired) electrons. The van der Waals surface area contributed by atoms with Crippen LogP contribution in [0.15, 0.2) is 0 Å². The Balaban J connectivity index is 4.86. The normalized spacial score (nSPS) is 25.5. The fraction of sp³-hybridized carbons (Fsp3) is 0.875. The first-order valence-corrected chi connectivity index (χ1v) is 2.80. The maximum atomic E-state index is 10.8. The summed E-state index contributed by atoms with van der Waals surface area (Å²) in [6, 6.07) is 0. The number of rotatable bonds is 5. The summed E-state index contributed by atoms with van der Waals surface area (Å²) in [4.78, 5) is 10.8. The number of carbonyl (C=O) groups excluding carboxylic acids is 1. The van der Waals surface area contributed by atoms with Crippen LogP contribution in [0.5, 0.6) is 0 Å². The molecular weight excluding hydrogens is 128 g/mol. The van der Waals surface area contributed by atoms with Gasteiger partial charge < -0.3 is 9.90 Å². The van der Waals surface area contributed by atoms with Crippen molar-refractivity contribution in [2.75, 3.05) is 0 Å². The zero-order valence-corrected chi connectivity index (χ0v) is 5.46. The molecular formula is C8H15O2-. The summed E-state index contributed by atoms with van der Waals surface area (Å²) in [7, 11) is 0. The number of aliphatic carboxylic acids is 1. The molecule has 0 aliphatic rings. The minimum absolute atomic E-state index is 0.751. The first-order chi connectivity index (χ1) is 7.90. The standard InChI is InChI=1S/C8H16O2/c1-3-5-7(6-4-2)8(9)10/h7H,3-6H2,1-2H3,(H,9,10)/p-1/i1D2,2D2,3D2,4D2. The van der Waals surface area contributed by atoms with Gasteiger partial charge in [0, 0.05) is 16.9 Å². The predicted molar refractivity (Wildman–Crippen MR) is 38.3 cm³/mol. The number of hydrogen-bond donors (Lipinski definition) is 0. The van der Waals surface area contributed by atoms with Crippen molar-refractivity contribution in [3.63, 3.8) is 0 Å². The fourth-order valence-electron chi connectivity index (χ4n) is 0.523. The molecule has 0 aliphatic carbocycles. The SMILES string of the molecule is [2H]C([2H])C([2H])([2H])CC(CC([2H])([2H])C([2H])[2H])C(=O)[O-]. The number of carbonyl (C=O) groups is 1. The molecule has 0 unspecified atom stereocenters. The summed E-state index contributed by atoms with van der Waals surface area (Å²) in [5.41, 5.74) is 0. The van der Waals surface area contributed by atoms with E-state index in [9.17, 15) is 9.90 Å². The highest BCUT2D eigenvalue weighted by Gasteiger charge is 2.05. The molecule has 0 saturated heterocycles. The second-order valence-corrected chi connectivity index (χ2v) is 1.83. The van der Waals surface area contributed by atoms with Crippen LogP contribution in [0.1, 0.15) is 50.3 Å². The molecule has 0 amide bonds. The molecule has 0 bridgehead atoms. The van der Waals surface area contributed by atoms with E-state index in [-0.39, 0.29) is 0 Å². The predicted octanol–water partition coefficient (Wildman–Crippen LogP) is 0.953. The third-order valence-electron chi connectivity index (χ3n) is 1.06. The highest BCUT2D eigenvalue weighted by molar-refractivity contribution is 5.67. The Labute approximate surface area is 73.5 Å². The Morgan fingerprint density at radius 3 is 2.40 bits per heavy atom. The first-order valence-electron chi connectivity index (χ1n) is 7.11. The zero-order chi connectivity index (χ0) is 14.7. The summed E-state index contributed by atoms with van der Waals surface area (Å²) in [5, 5.41) is 10.8. The second kappa shape index (κ2) is 5.27. The summed E-state index contributed by atoms with van der Waals surface area (Å²) in [6.45, 7) is -3.82. The average molecular weight is 151 g/mol. The topological polar surface area (TPSA) is 40.1 Å². The van der Waals surface area contributed by atoms with Crippen molar-refractivity contribution in [1.82, 2.24) is 0 Å². The van der Waals surface area contributed by atoms with E-state index in [1.165, 1.54) is 0 Å². The van der Waals surface area contributed by atoms with Crippen LogP contribution in [0.3, 0.4) is 0 Å². The largest absolute Gasteiger partial charge is 0.550 e. The van der Waals surface area contributed by atoms with Gasteiger partial charge in [-0.25, -0.2) is 0 Å². The van der Waals surface area contributed by atoms with E-state index in [2.05, 4.69) is 0 Å². The van der Waals surface area contributed by atoms with Gasteiger partial charge in [-0.05, 0) is 18.8 Å². The molecule has 10 heavy (non-hydrogen) atoms. The summed E-state index contributed by atoms with van der Waals surface area (Å²) >= 11 is 0. The van der Waals surface area contributed by atoms with Gasteiger partial charge >= 0.3 is 0 Å². The monoisotopic (exact) mass is 151 g/mol. The lowest BCUT2D eigenvalue weighted by Crippen LogP contribution is -2.31. The van der Waals surface area contributed by atoms with Gasteiger partial charge in [0.1, 0.15) is 0 Å². The van der Waals surface area contributed by atoms with Crippen LogP contribution in [0.2, 0.25) is 0 Å². The Hall–Kier alpha value is -0.530. The minimum atomic E-state index is -2.42. The molecule has 2 heteroatoms. The maximum Gasteiger partial charge on any atom is 0.0445 e. The van der Waals surface area contributed by atoms with Crippen molar-refractivity contribution in [3.8, 4) is 0 Å². The molecule has 0 atom stereocenters. The molecule has 60 valence electrons. The lowest BCUT2D eigenvalue weighted by Gasteiger charge is -2.15. The second-order valence-electron chi connectivity index (χ2n) is 1.83. The van der Waals surface area contributed by atoms with E-state index >= 15 is 0 Å². The van der Waals surface area contributed by atoms with Gasteiger partial charge in [-0.3, -0.25) is 0 Å². The van der Waals surface area contributed by atoms with Crippen molar-refractivity contribution in [2.24, 2.45) is 5.92 Å². The third-order valence-corrected chi connectivity index (χ3v) is 1.06. The van der Waals surface area contributed by atoms with Gasteiger partial charge in [0.05, 0.1) is 0 Å². The van der Waals surface area contributed by atoms with Crippen LogP contribution in [0.25, 0.3) is 0 Å². The van der Waals surface area contributed by atoms with Gasteiger partial charge in [0.15, 0.2) is 0 Å². The number of carboxylic acids is 1. The van der Waals surface area contributed by atoms with Crippen molar-refractivity contribution in [3.05, 3.63) is 0 Å². The van der Waals surface area contributed by atoms with Gasteiger partial charge in [-0.15, -0.1) is 0 Å². The van der Waals surface area contributed by atoms with E-state index in [1.54, 1.807) is 0 Å². The van der Waals surface area contributed by atoms with Crippen molar-refractivity contribution in [1.29, 1.82) is 0 Å². The van der Waals surface area contributed by atoms with E-state index in [0.29, 0.717) is 0 Å². The van der Waals surface area contributed by atoms with Crippen LogP contribution in [-0.4, -0.2) is 5.97 Å². The van der Waals surface area contributed by atoms with E-state index in [1.807, 2.05) is 0 Å². The van der Waals surface area contributed by atoms with Gasteiger partial charge in [-0.1, -0.05) is 26.5 Å². The maximum absolute atomic E-state index is 10.8. The van der Waals surface area contributed by atoms with Crippen LogP contribution in [0.4, 0.5) is 0 Å². The zero-order valence-electron chi connectivity index (χ0n) is 13.5. The molecule has 0 N–H and O–H groups in total. The molecule has 0 fully saturated rings. The highest BCUT2D eigenvalue weighted by atomic mass is 16.4. The van der Waals surface area contributed by atoms with Crippen molar-refractivity contribution < 1.29 is 20.9 Å². The fourth-order valence-corrected chi connectivity index (χ4v) is 0.523. The highest BCUT2D eigenvalue weighted by Crippen LogP contribution is 2.11. The Morgan fingerprint density at radius 2 is 2.10 bits per heavy atom. The van der Waals surface area contributed by atoms with Gasteiger partial charge in [0.2, 0.25) is 0 Å². The lowest BCUT2D eigenvalue weighted by molar-refractivity contribution is -0.312. The van der Waals surface area contributed by atoms with Crippen LogP contribution >= 0.6 is 0 Å². The Kier molecular flexibility index (Phi) is 1.32. The smallest absolute Gasteiger partial charge is 0.0445 e. The third kappa shape index (κ3) is 3.49. The van der Waals surface area contributed by atoms with Crippen molar-refractivity contribution >= 4 is 5.97 Å². The van der Waals surface area contributed by atoms with Crippen LogP contribution < -0.4 is 5.11 Å². The molecule has 2 nitrogen and oxygen atoms in total. The molecule has 0 aromatic carbocycles. The average Bonchev–Trinajstić information content (AvgIpc) is 2.15. The summed E-state index contributed by atoms with van der Waals surface area (Å²) < 4.78 is 57.0. The molecule has 0 heterocycles. The van der Waals surface area contributed by atoms with Crippen molar-refractivity contribution in [2.45, 2.75) is 39.3 Å². The van der Waals surface area contributed by atoms with Gasteiger partial charge in [-0.2, -0.15) is 0 Å². The van der Waals surface area contributed by atoms with Crippen LogP contribution in [0, 0.1) is 5.92 Å². The quantitative estimate of drug-likeness (QED) is 0.587. The molecule has 0 aromatic rings. The lowest BCUT2D eigenvalue weighted by atomic mass is 9.99. The van der Waals surface area contributed by atoms with Crippen LogP contribution in [-0.2, 0) is 4.79 Å². The van der Waals surface area contributed by atoms with E-state index in [4.69, 9.17) is 11.0 Å². The number of hydrogen-bond acceptors (Lipinski definition) is 2. The van der Waals surface area contributed by atoms with E-state index < -0.39 is 51.2 Å². The summed E-state index contributed by atoms with van der Waals surface area (Å²) in [6.07, 6.45) is -6.33. The first kappa shape index (κ1) is 2.50. The molecule has 0 saturated carbocycles. The Morgan fingerprint density at radius 1 is 1.60 bits per heavy atom. The van der Waals surface area contributed by atoms with Gasteiger partial charge in [0.25, 0.3) is 0 Å². The molecule has 0 aromatic heterocycles. The minimum Gasteiger partial charge on any atom is -0.550 e. The number of carboxylic acid groups (broad SMARTS) is 1.